The van der Waals surface area contributed by atoms with E-state index in [4.69, 9.17) is 10.5 Å². The van der Waals surface area contributed by atoms with E-state index in [0.29, 0.717) is 29.7 Å². The van der Waals surface area contributed by atoms with E-state index < -0.39 is 10.8 Å². The van der Waals surface area contributed by atoms with E-state index in [1.54, 1.807) is 18.2 Å². The smallest absolute Gasteiger partial charge is 0.295 e. The molecule has 8 heteroatoms. The van der Waals surface area contributed by atoms with Crippen molar-refractivity contribution >= 4 is 28.2 Å². The Hall–Kier alpha value is -2.74. The highest BCUT2D eigenvalue weighted by atomic mass is 16.6. The third-order valence-electron chi connectivity index (χ3n) is 2.75. The molecule has 2 rings (SSSR count). The number of non-ortho nitro benzene ring substituents is 1. The number of nitro groups is 1. The van der Waals surface area contributed by atoms with Gasteiger partial charge in [-0.2, -0.15) is 0 Å². The van der Waals surface area contributed by atoms with Crippen LogP contribution in [-0.4, -0.2) is 35.6 Å². The molecule has 0 fully saturated rings. The molecule has 1 aromatic carbocycles. The first-order valence-electron chi connectivity index (χ1n) is 6.21. The van der Waals surface area contributed by atoms with Crippen LogP contribution in [0.2, 0.25) is 0 Å². The molecule has 0 saturated heterocycles. The number of hydrogen-bond donors (Lipinski definition) is 2. The van der Waals surface area contributed by atoms with Crippen LogP contribution in [0, 0.1) is 10.1 Å². The van der Waals surface area contributed by atoms with Crippen LogP contribution in [-0.2, 0) is 9.53 Å². The molecule has 21 heavy (non-hydrogen) atoms. The highest BCUT2D eigenvalue weighted by Gasteiger charge is 2.14. The number of nitrogens with zero attached hydrogens (tertiary/aromatic N) is 2. The van der Waals surface area contributed by atoms with Gasteiger partial charge in [0.15, 0.2) is 0 Å². The van der Waals surface area contributed by atoms with Gasteiger partial charge in [0.25, 0.3) is 5.69 Å². The monoisotopic (exact) mass is 290 g/mol. The lowest BCUT2D eigenvalue weighted by Gasteiger charge is -2.09. The van der Waals surface area contributed by atoms with Crippen LogP contribution < -0.4 is 11.1 Å². The predicted octanol–water partition coefficient (Wildman–Crippen LogP) is 1.06. The van der Waals surface area contributed by atoms with Gasteiger partial charge in [-0.05, 0) is 6.07 Å². The Morgan fingerprint density at radius 3 is 2.95 bits per heavy atom. The Morgan fingerprint density at radius 1 is 1.43 bits per heavy atom. The first kappa shape index (κ1) is 14.7. The Kier molecular flexibility index (Phi) is 4.62. The first-order valence-corrected chi connectivity index (χ1v) is 6.21. The van der Waals surface area contributed by atoms with E-state index in [1.165, 1.54) is 12.3 Å². The summed E-state index contributed by atoms with van der Waals surface area (Å²) in [5.41, 5.74) is 5.95. The van der Waals surface area contributed by atoms with Crippen molar-refractivity contribution in [2.75, 3.05) is 25.1 Å². The van der Waals surface area contributed by atoms with Crippen molar-refractivity contribution in [1.29, 1.82) is 0 Å². The lowest BCUT2D eigenvalue weighted by Crippen LogP contribution is -2.20. The van der Waals surface area contributed by atoms with Crippen molar-refractivity contribution in [3.05, 3.63) is 40.6 Å². The molecule has 0 bridgehead atoms. The number of ether oxygens (including phenoxy) is 1. The second kappa shape index (κ2) is 6.62. The summed E-state index contributed by atoms with van der Waals surface area (Å²) in [6.07, 6.45) is 1.50. The quantitative estimate of drug-likeness (QED) is 0.447. The predicted molar refractivity (Wildman–Crippen MR) is 76.9 cm³/mol. The largest absolute Gasteiger partial charge is 0.382 e. The van der Waals surface area contributed by atoms with Crippen LogP contribution >= 0.6 is 0 Å². The van der Waals surface area contributed by atoms with Gasteiger partial charge in [-0.15, -0.1) is 0 Å². The topological polar surface area (TPSA) is 120 Å². The van der Waals surface area contributed by atoms with Crippen LogP contribution in [0.5, 0.6) is 0 Å². The molecule has 0 aliphatic heterocycles. The molecule has 0 saturated carbocycles. The number of nitrogens with two attached hydrogens (primary N) is 1. The minimum Gasteiger partial charge on any atom is -0.382 e. The van der Waals surface area contributed by atoms with Crippen molar-refractivity contribution in [1.82, 2.24) is 4.98 Å². The summed E-state index contributed by atoms with van der Waals surface area (Å²) in [6.45, 7) is 0.598. The molecular formula is C13H14N4O4. The standard InChI is InChI=1S/C13H14N4O4/c14-12(18)8-21-7-6-15-10-4-5-16-13-9(10)2-1-3-11(13)17(19)20/h1-5H,6-8H2,(H2,14,18)(H,15,16). The molecule has 0 atom stereocenters. The molecule has 2 aromatic rings. The Morgan fingerprint density at radius 2 is 2.24 bits per heavy atom. The average molecular weight is 290 g/mol. The van der Waals surface area contributed by atoms with E-state index in [9.17, 15) is 14.9 Å². The normalized spacial score (nSPS) is 10.5. The molecule has 0 spiro atoms. The molecule has 0 aliphatic rings. The maximum Gasteiger partial charge on any atom is 0.295 e. The number of primary amides is 1. The second-order valence-corrected chi connectivity index (χ2v) is 4.23. The van der Waals surface area contributed by atoms with Gasteiger partial charge < -0.3 is 15.8 Å². The Balaban J connectivity index is 2.12. The zero-order valence-corrected chi connectivity index (χ0v) is 11.1. The number of anilines is 1. The number of carbonyl (C=O) groups is 1. The second-order valence-electron chi connectivity index (χ2n) is 4.23. The molecule has 0 unspecified atom stereocenters. The van der Waals surface area contributed by atoms with Gasteiger partial charge in [0.1, 0.15) is 12.1 Å². The highest BCUT2D eigenvalue weighted by molar-refractivity contribution is 5.96. The van der Waals surface area contributed by atoms with Gasteiger partial charge in [0.2, 0.25) is 5.91 Å². The van der Waals surface area contributed by atoms with Gasteiger partial charge in [0.05, 0.1) is 11.5 Å². The zero-order chi connectivity index (χ0) is 15.2. The highest BCUT2D eigenvalue weighted by Crippen LogP contribution is 2.28. The lowest BCUT2D eigenvalue weighted by molar-refractivity contribution is -0.383. The first-order chi connectivity index (χ1) is 10.1. The summed E-state index contributed by atoms with van der Waals surface area (Å²) < 4.78 is 5.03. The molecule has 0 radical (unpaired) electrons. The van der Waals surface area contributed by atoms with E-state index in [-0.39, 0.29) is 12.3 Å². The molecule has 3 N–H and O–H groups in total. The molecular weight excluding hydrogens is 276 g/mol. The van der Waals surface area contributed by atoms with Crippen LogP contribution in [0.25, 0.3) is 10.9 Å². The van der Waals surface area contributed by atoms with Crippen LogP contribution in [0.4, 0.5) is 11.4 Å². The van der Waals surface area contributed by atoms with Crippen molar-refractivity contribution in [2.24, 2.45) is 5.73 Å². The van der Waals surface area contributed by atoms with Crippen LogP contribution in [0.1, 0.15) is 0 Å². The van der Waals surface area contributed by atoms with E-state index in [2.05, 4.69) is 10.3 Å². The van der Waals surface area contributed by atoms with Gasteiger partial charge in [-0.1, -0.05) is 12.1 Å². The number of benzene rings is 1. The minimum atomic E-state index is -0.528. The summed E-state index contributed by atoms with van der Waals surface area (Å²) in [4.78, 5) is 25.1. The van der Waals surface area contributed by atoms with Crippen molar-refractivity contribution < 1.29 is 14.5 Å². The number of amides is 1. The molecule has 0 aliphatic carbocycles. The van der Waals surface area contributed by atoms with Crippen LogP contribution in [0.15, 0.2) is 30.5 Å². The maximum absolute atomic E-state index is 11.0. The Bertz CT molecular complexity index is 674. The summed E-state index contributed by atoms with van der Waals surface area (Å²) in [6, 6.07) is 6.49. The number of aromatic nitrogens is 1. The molecule has 1 amide bonds. The van der Waals surface area contributed by atoms with E-state index >= 15 is 0 Å². The third kappa shape index (κ3) is 3.63. The van der Waals surface area contributed by atoms with Crippen molar-refractivity contribution in [3.8, 4) is 0 Å². The third-order valence-corrected chi connectivity index (χ3v) is 2.75. The number of para-hydroxylation sites is 1. The van der Waals surface area contributed by atoms with Gasteiger partial charge >= 0.3 is 0 Å². The van der Waals surface area contributed by atoms with Gasteiger partial charge in [-0.3, -0.25) is 14.9 Å². The average Bonchev–Trinajstić information content (AvgIpc) is 2.46. The van der Waals surface area contributed by atoms with Gasteiger partial charge in [0, 0.05) is 29.9 Å². The number of fused-ring (bicyclic) bond motifs is 1. The van der Waals surface area contributed by atoms with Crippen LogP contribution in [0.3, 0.4) is 0 Å². The molecule has 8 nitrogen and oxygen atoms in total. The number of nitrogens with one attached hydrogen (secondary N) is 1. The maximum atomic E-state index is 11.0. The summed E-state index contributed by atoms with van der Waals surface area (Å²) >= 11 is 0. The number of rotatable bonds is 7. The zero-order valence-electron chi connectivity index (χ0n) is 11.1. The summed E-state index contributed by atoms with van der Waals surface area (Å²) in [5, 5.41) is 14.7. The Labute approximate surface area is 120 Å². The molecule has 110 valence electrons. The fraction of sp³-hybridized carbons (Fsp3) is 0.231. The van der Waals surface area contributed by atoms with Crippen molar-refractivity contribution in [2.45, 2.75) is 0 Å². The number of carbonyl (C=O) groups excluding carboxylic acids is 1. The SMILES string of the molecule is NC(=O)COCCNc1ccnc2c([N+](=O)[O-])cccc12. The van der Waals surface area contributed by atoms with Crippen molar-refractivity contribution in [3.63, 3.8) is 0 Å². The summed E-state index contributed by atoms with van der Waals surface area (Å²) in [5.74, 6) is -0.528. The molecule has 1 heterocycles. The van der Waals surface area contributed by atoms with E-state index in [1.807, 2.05) is 0 Å². The fourth-order valence-electron chi connectivity index (χ4n) is 1.89. The lowest BCUT2D eigenvalue weighted by atomic mass is 10.1. The minimum absolute atomic E-state index is 0.0406. The summed E-state index contributed by atoms with van der Waals surface area (Å²) in [7, 11) is 0. The van der Waals surface area contributed by atoms with Gasteiger partial charge in [-0.25, -0.2) is 4.98 Å². The van der Waals surface area contributed by atoms with E-state index in [0.717, 1.165) is 0 Å². The number of nitro benzene ring substituents is 1. The fourth-order valence-corrected chi connectivity index (χ4v) is 1.89. The number of pyridine rings is 1. The number of hydrogen-bond acceptors (Lipinski definition) is 6. The molecule has 1 aromatic heterocycles.